The summed E-state index contributed by atoms with van der Waals surface area (Å²) in [5.41, 5.74) is 1.88. The van der Waals surface area contributed by atoms with Crippen LogP contribution in [0.15, 0.2) is 35.0 Å². The topological polar surface area (TPSA) is 51.4 Å². The van der Waals surface area contributed by atoms with Crippen LogP contribution in [0, 0.1) is 6.92 Å². The molecule has 0 N–H and O–H groups in total. The second kappa shape index (κ2) is 6.45. The van der Waals surface area contributed by atoms with Crippen molar-refractivity contribution in [3.8, 4) is 0 Å². The number of nitrogens with zero attached hydrogens (tertiary/aromatic N) is 3. The van der Waals surface area contributed by atoms with Crippen LogP contribution in [-0.4, -0.2) is 35.8 Å². The Morgan fingerprint density at radius 3 is 2.84 bits per heavy atom. The Balaban J connectivity index is 2.10. The van der Waals surface area contributed by atoms with Crippen LogP contribution in [0.2, 0.25) is 0 Å². The second-order valence-corrected chi connectivity index (χ2v) is 4.58. The summed E-state index contributed by atoms with van der Waals surface area (Å²) in [5.74, 6) is 0.844. The molecule has 0 fully saturated rings. The van der Waals surface area contributed by atoms with Gasteiger partial charge in [0.2, 0.25) is 0 Å². The third kappa shape index (κ3) is 3.62. The highest BCUT2D eigenvalue weighted by atomic mass is 16.5. The minimum Gasteiger partial charge on any atom is -0.383 e. The summed E-state index contributed by atoms with van der Waals surface area (Å²) < 4.78 is 10.5. The summed E-state index contributed by atoms with van der Waals surface area (Å²) in [6.45, 7) is 3.17. The van der Waals surface area contributed by atoms with Gasteiger partial charge in [0.05, 0.1) is 30.6 Å². The third-order valence-electron chi connectivity index (χ3n) is 2.97. The Labute approximate surface area is 113 Å². The molecule has 0 aromatic carbocycles. The summed E-state index contributed by atoms with van der Waals surface area (Å²) in [6.07, 6.45) is 1.80. The molecule has 0 aliphatic heterocycles. The molecule has 0 aliphatic rings. The summed E-state index contributed by atoms with van der Waals surface area (Å²) in [6, 6.07) is 7.94. The molecule has 102 valence electrons. The van der Waals surface area contributed by atoms with Gasteiger partial charge in [0, 0.05) is 19.4 Å². The van der Waals surface area contributed by atoms with Gasteiger partial charge in [-0.25, -0.2) is 0 Å². The number of hydrogen-bond donors (Lipinski definition) is 0. The van der Waals surface area contributed by atoms with E-state index in [2.05, 4.69) is 15.0 Å². The van der Waals surface area contributed by atoms with Crippen LogP contribution >= 0.6 is 0 Å². The van der Waals surface area contributed by atoms with Crippen molar-refractivity contribution in [2.24, 2.45) is 0 Å². The van der Waals surface area contributed by atoms with E-state index in [1.54, 1.807) is 13.3 Å². The van der Waals surface area contributed by atoms with Gasteiger partial charge < -0.3 is 9.26 Å². The Hall–Kier alpha value is -1.72. The van der Waals surface area contributed by atoms with E-state index in [-0.39, 0.29) is 6.04 Å². The molecule has 2 aromatic heterocycles. The summed E-state index contributed by atoms with van der Waals surface area (Å²) in [7, 11) is 3.72. The van der Waals surface area contributed by atoms with Crippen LogP contribution in [0.4, 0.5) is 0 Å². The van der Waals surface area contributed by atoms with Crippen LogP contribution in [0.3, 0.4) is 0 Å². The smallest absolute Gasteiger partial charge is 0.150 e. The molecule has 1 atom stereocenters. The highest BCUT2D eigenvalue weighted by molar-refractivity contribution is 5.10. The molecule has 0 saturated carbocycles. The van der Waals surface area contributed by atoms with E-state index in [1.165, 1.54) is 0 Å². The van der Waals surface area contributed by atoms with Crippen molar-refractivity contribution in [2.75, 3.05) is 20.8 Å². The first-order chi connectivity index (χ1) is 9.20. The lowest BCUT2D eigenvalue weighted by Gasteiger charge is -2.25. The van der Waals surface area contributed by atoms with E-state index >= 15 is 0 Å². The predicted octanol–water partition coefficient (Wildman–Crippen LogP) is 2.20. The van der Waals surface area contributed by atoms with Crippen molar-refractivity contribution in [1.82, 2.24) is 15.0 Å². The van der Waals surface area contributed by atoms with Gasteiger partial charge in [-0.2, -0.15) is 0 Å². The fourth-order valence-electron chi connectivity index (χ4n) is 2.02. The number of aromatic nitrogens is 2. The molecule has 2 aromatic rings. The summed E-state index contributed by atoms with van der Waals surface area (Å²) >= 11 is 0. The van der Waals surface area contributed by atoms with Crippen molar-refractivity contribution < 1.29 is 9.26 Å². The fourth-order valence-corrected chi connectivity index (χ4v) is 2.02. The normalized spacial score (nSPS) is 12.8. The van der Waals surface area contributed by atoms with Gasteiger partial charge in [-0.1, -0.05) is 11.2 Å². The number of rotatable bonds is 6. The lowest BCUT2D eigenvalue weighted by atomic mass is 10.1. The number of pyridine rings is 1. The average Bonchev–Trinajstić information content (AvgIpc) is 2.82. The molecule has 5 heteroatoms. The number of hydrogen-bond acceptors (Lipinski definition) is 5. The lowest BCUT2D eigenvalue weighted by Crippen LogP contribution is -2.28. The maximum absolute atomic E-state index is 5.29. The minimum atomic E-state index is 0.0941. The van der Waals surface area contributed by atoms with Crippen molar-refractivity contribution in [2.45, 2.75) is 19.5 Å². The number of aryl methyl sites for hydroxylation is 1. The molecule has 2 rings (SSSR count). The van der Waals surface area contributed by atoms with Gasteiger partial charge in [0.1, 0.15) is 0 Å². The molecule has 0 saturated heterocycles. The summed E-state index contributed by atoms with van der Waals surface area (Å²) in [4.78, 5) is 6.54. The van der Waals surface area contributed by atoms with Crippen LogP contribution in [0.5, 0.6) is 0 Å². The molecule has 0 bridgehead atoms. The van der Waals surface area contributed by atoms with Gasteiger partial charge in [-0.15, -0.1) is 0 Å². The molecular formula is C14H19N3O2. The first-order valence-electron chi connectivity index (χ1n) is 6.23. The van der Waals surface area contributed by atoms with E-state index in [0.29, 0.717) is 13.2 Å². The number of likely N-dealkylation sites (N-methyl/N-ethyl adjacent to an activating group) is 1. The lowest BCUT2D eigenvalue weighted by molar-refractivity contribution is 0.0943. The highest BCUT2D eigenvalue weighted by Crippen LogP contribution is 2.19. The first kappa shape index (κ1) is 13.7. The standard InChI is InChI=1S/C14H19N3O2/c1-11-8-12(19-16-11)9-17(2)14(10-18-3)13-6-4-5-7-15-13/h4-8,14H,9-10H2,1-3H3/t14-/m0/s1. The Kier molecular flexibility index (Phi) is 4.65. The van der Waals surface area contributed by atoms with E-state index in [1.807, 2.05) is 38.2 Å². The van der Waals surface area contributed by atoms with Gasteiger partial charge in [0.25, 0.3) is 0 Å². The van der Waals surface area contributed by atoms with Gasteiger partial charge in [-0.05, 0) is 26.1 Å². The molecule has 0 aliphatic carbocycles. The zero-order chi connectivity index (χ0) is 13.7. The average molecular weight is 261 g/mol. The predicted molar refractivity (Wildman–Crippen MR) is 71.6 cm³/mol. The largest absolute Gasteiger partial charge is 0.383 e. The molecule has 19 heavy (non-hydrogen) atoms. The first-order valence-corrected chi connectivity index (χ1v) is 6.23. The highest BCUT2D eigenvalue weighted by Gasteiger charge is 2.19. The van der Waals surface area contributed by atoms with Crippen LogP contribution in [-0.2, 0) is 11.3 Å². The van der Waals surface area contributed by atoms with Crippen LogP contribution in [0.25, 0.3) is 0 Å². The fraction of sp³-hybridized carbons (Fsp3) is 0.429. The Bertz CT molecular complexity index is 498. The monoisotopic (exact) mass is 261 g/mol. The molecular weight excluding hydrogens is 242 g/mol. The van der Waals surface area contributed by atoms with Gasteiger partial charge in [-0.3, -0.25) is 9.88 Å². The SMILES string of the molecule is COC[C@@H](c1ccccn1)N(C)Cc1cc(C)no1. The van der Waals surface area contributed by atoms with Crippen LogP contribution in [0.1, 0.15) is 23.2 Å². The van der Waals surface area contributed by atoms with Crippen molar-refractivity contribution in [3.63, 3.8) is 0 Å². The van der Waals surface area contributed by atoms with E-state index in [4.69, 9.17) is 9.26 Å². The van der Waals surface area contributed by atoms with Crippen LogP contribution < -0.4 is 0 Å². The Morgan fingerprint density at radius 2 is 2.26 bits per heavy atom. The maximum atomic E-state index is 5.29. The van der Waals surface area contributed by atoms with Crippen molar-refractivity contribution in [3.05, 3.63) is 47.6 Å². The molecule has 0 spiro atoms. The third-order valence-corrected chi connectivity index (χ3v) is 2.97. The molecule has 0 unspecified atom stereocenters. The second-order valence-electron chi connectivity index (χ2n) is 4.58. The maximum Gasteiger partial charge on any atom is 0.150 e. The van der Waals surface area contributed by atoms with Crippen molar-refractivity contribution >= 4 is 0 Å². The minimum absolute atomic E-state index is 0.0941. The quantitative estimate of drug-likeness (QED) is 0.798. The molecule has 2 heterocycles. The van der Waals surface area contributed by atoms with E-state index in [0.717, 1.165) is 17.1 Å². The molecule has 0 radical (unpaired) electrons. The molecule has 5 nitrogen and oxygen atoms in total. The summed E-state index contributed by atoms with van der Waals surface area (Å²) in [5, 5.41) is 3.90. The Morgan fingerprint density at radius 1 is 1.42 bits per heavy atom. The van der Waals surface area contributed by atoms with E-state index < -0.39 is 0 Å². The van der Waals surface area contributed by atoms with Crippen molar-refractivity contribution in [1.29, 1.82) is 0 Å². The number of ether oxygens (including phenoxy) is 1. The zero-order valence-electron chi connectivity index (χ0n) is 11.5. The number of methoxy groups -OCH3 is 1. The van der Waals surface area contributed by atoms with E-state index in [9.17, 15) is 0 Å². The molecule has 0 amide bonds. The zero-order valence-corrected chi connectivity index (χ0v) is 11.5. The van der Waals surface area contributed by atoms with Gasteiger partial charge in [0.15, 0.2) is 5.76 Å². The van der Waals surface area contributed by atoms with Gasteiger partial charge >= 0.3 is 0 Å².